The van der Waals surface area contributed by atoms with E-state index in [0.29, 0.717) is 12.5 Å². The standard InChI is InChI=1S/C26H35N3O2/c1-2-27-15-17-29(18-16-27)26(30)24-11-13-28(14-12-24)20-23-9-6-10-25(19-23)31-21-22-7-4-3-5-8-22/h3-10,19,24H,2,11-18,20-21H2,1H3. The van der Waals surface area contributed by atoms with Gasteiger partial charge >= 0.3 is 0 Å². The molecule has 0 atom stereocenters. The topological polar surface area (TPSA) is 36.0 Å². The molecule has 2 aliphatic rings. The first-order chi connectivity index (χ1) is 15.2. The summed E-state index contributed by atoms with van der Waals surface area (Å²) >= 11 is 0. The second-order valence-corrected chi connectivity index (χ2v) is 8.73. The van der Waals surface area contributed by atoms with E-state index in [2.05, 4.69) is 52.0 Å². The van der Waals surface area contributed by atoms with Crippen LogP contribution in [0, 0.1) is 5.92 Å². The molecule has 2 aromatic rings. The highest BCUT2D eigenvalue weighted by molar-refractivity contribution is 5.79. The first-order valence-electron chi connectivity index (χ1n) is 11.7. The van der Waals surface area contributed by atoms with Crippen LogP contribution in [0.3, 0.4) is 0 Å². The number of ether oxygens (including phenoxy) is 1. The predicted molar refractivity (Wildman–Crippen MR) is 124 cm³/mol. The summed E-state index contributed by atoms with van der Waals surface area (Å²) in [6.07, 6.45) is 1.94. The molecule has 0 radical (unpaired) electrons. The summed E-state index contributed by atoms with van der Waals surface area (Å²) in [5, 5.41) is 0. The van der Waals surface area contributed by atoms with E-state index in [-0.39, 0.29) is 5.92 Å². The van der Waals surface area contributed by atoms with E-state index in [4.69, 9.17) is 4.74 Å². The van der Waals surface area contributed by atoms with Crippen LogP contribution in [0.15, 0.2) is 54.6 Å². The maximum atomic E-state index is 12.9. The number of amides is 1. The van der Waals surface area contributed by atoms with Crippen LogP contribution in [0.25, 0.3) is 0 Å². The largest absolute Gasteiger partial charge is 0.489 e. The van der Waals surface area contributed by atoms with Crippen molar-refractivity contribution in [2.45, 2.75) is 32.9 Å². The van der Waals surface area contributed by atoms with Crippen molar-refractivity contribution in [2.75, 3.05) is 45.8 Å². The second-order valence-electron chi connectivity index (χ2n) is 8.73. The van der Waals surface area contributed by atoms with Crippen LogP contribution in [-0.4, -0.2) is 66.4 Å². The number of nitrogens with zero attached hydrogens (tertiary/aromatic N) is 3. The number of hydrogen-bond acceptors (Lipinski definition) is 4. The molecule has 2 aromatic carbocycles. The first-order valence-corrected chi connectivity index (χ1v) is 11.7. The Bertz CT molecular complexity index is 826. The summed E-state index contributed by atoms with van der Waals surface area (Å²) in [5.74, 6) is 1.49. The Morgan fingerprint density at radius 2 is 1.58 bits per heavy atom. The van der Waals surface area contributed by atoms with Gasteiger partial charge in [0, 0.05) is 38.6 Å². The molecule has 0 aliphatic carbocycles. The van der Waals surface area contributed by atoms with Gasteiger partial charge in [0.2, 0.25) is 5.91 Å². The summed E-state index contributed by atoms with van der Waals surface area (Å²) in [5.41, 5.74) is 2.45. The lowest BCUT2D eigenvalue weighted by Gasteiger charge is -2.38. The molecule has 2 saturated heterocycles. The minimum Gasteiger partial charge on any atom is -0.489 e. The van der Waals surface area contributed by atoms with E-state index < -0.39 is 0 Å². The van der Waals surface area contributed by atoms with Crippen LogP contribution in [0.1, 0.15) is 30.9 Å². The second kappa shape index (κ2) is 10.8. The van der Waals surface area contributed by atoms with Crippen molar-refractivity contribution in [1.29, 1.82) is 0 Å². The molecule has 1 amide bonds. The zero-order valence-electron chi connectivity index (χ0n) is 18.7. The Morgan fingerprint density at radius 1 is 0.871 bits per heavy atom. The first kappa shape index (κ1) is 21.8. The van der Waals surface area contributed by atoms with Gasteiger partial charge < -0.3 is 14.5 Å². The van der Waals surface area contributed by atoms with Crippen molar-refractivity contribution in [2.24, 2.45) is 5.92 Å². The van der Waals surface area contributed by atoms with Crippen molar-refractivity contribution in [3.05, 3.63) is 65.7 Å². The average molecular weight is 422 g/mol. The minimum atomic E-state index is 0.199. The van der Waals surface area contributed by atoms with Crippen LogP contribution in [0.2, 0.25) is 0 Å². The molecule has 5 heteroatoms. The fraction of sp³-hybridized carbons (Fsp3) is 0.500. The van der Waals surface area contributed by atoms with E-state index in [0.717, 1.165) is 70.9 Å². The summed E-state index contributed by atoms with van der Waals surface area (Å²) < 4.78 is 5.98. The van der Waals surface area contributed by atoms with Crippen molar-refractivity contribution in [3.63, 3.8) is 0 Å². The quantitative estimate of drug-likeness (QED) is 0.684. The smallest absolute Gasteiger partial charge is 0.225 e. The van der Waals surface area contributed by atoms with Gasteiger partial charge in [-0.1, -0.05) is 49.4 Å². The maximum Gasteiger partial charge on any atom is 0.225 e. The molecule has 2 fully saturated rings. The molecule has 31 heavy (non-hydrogen) atoms. The van der Waals surface area contributed by atoms with Gasteiger partial charge in [-0.25, -0.2) is 0 Å². The molecule has 5 nitrogen and oxygen atoms in total. The number of hydrogen-bond donors (Lipinski definition) is 0. The van der Waals surface area contributed by atoms with E-state index in [1.807, 2.05) is 24.3 Å². The molecule has 0 unspecified atom stereocenters. The number of carbonyl (C=O) groups is 1. The van der Waals surface area contributed by atoms with E-state index in [9.17, 15) is 4.79 Å². The van der Waals surface area contributed by atoms with Crippen LogP contribution < -0.4 is 4.74 Å². The highest BCUT2D eigenvalue weighted by Gasteiger charge is 2.30. The molecule has 2 aliphatic heterocycles. The molecule has 2 heterocycles. The number of carbonyl (C=O) groups excluding carboxylic acids is 1. The zero-order chi connectivity index (χ0) is 21.5. The summed E-state index contributed by atoms with van der Waals surface area (Å²) in [4.78, 5) is 19.9. The maximum absolute atomic E-state index is 12.9. The molecule has 166 valence electrons. The Morgan fingerprint density at radius 3 is 2.29 bits per heavy atom. The molecule has 0 spiro atoms. The predicted octanol–water partition coefficient (Wildman–Crippen LogP) is 3.64. The Hall–Kier alpha value is -2.37. The lowest BCUT2D eigenvalue weighted by atomic mass is 9.94. The SMILES string of the molecule is CCN1CCN(C(=O)C2CCN(Cc3cccc(OCc4ccccc4)c3)CC2)CC1. The summed E-state index contributed by atoms with van der Waals surface area (Å²) in [7, 11) is 0. The van der Waals surface area contributed by atoms with Crippen molar-refractivity contribution < 1.29 is 9.53 Å². The normalized spacial score (nSPS) is 18.8. The third kappa shape index (κ3) is 6.08. The third-order valence-electron chi connectivity index (χ3n) is 6.62. The van der Waals surface area contributed by atoms with Gasteiger partial charge in [-0.15, -0.1) is 0 Å². The van der Waals surface area contributed by atoms with E-state index in [1.165, 1.54) is 11.1 Å². The highest BCUT2D eigenvalue weighted by atomic mass is 16.5. The van der Waals surface area contributed by atoms with Crippen LogP contribution >= 0.6 is 0 Å². The van der Waals surface area contributed by atoms with Crippen LogP contribution in [0.5, 0.6) is 5.75 Å². The number of rotatable bonds is 7. The fourth-order valence-corrected chi connectivity index (χ4v) is 4.61. The number of likely N-dealkylation sites (tertiary alicyclic amines) is 1. The number of piperidine rings is 1. The highest BCUT2D eigenvalue weighted by Crippen LogP contribution is 2.23. The molecule has 0 N–H and O–H groups in total. The Kier molecular flexibility index (Phi) is 7.60. The van der Waals surface area contributed by atoms with Crippen LogP contribution in [0.4, 0.5) is 0 Å². The lowest BCUT2D eigenvalue weighted by molar-refractivity contribution is -0.138. The fourth-order valence-electron chi connectivity index (χ4n) is 4.61. The van der Waals surface area contributed by atoms with Gasteiger partial charge in [-0.2, -0.15) is 0 Å². The molecule has 0 bridgehead atoms. The van der Waals surface area contributed by atoms with Gasteiger partial charge in [0.05, 0.1) is 0 Å². The number of likely N-dealkylation sites (N-methyl/N-ethyl adjacent to an activating group) is 1. The van der Waals surface area contributed by atoms with Gasteiger partial charge in [0.1, 0.15) is 12.4 Å². The lowest BCUT2D eigenvalue weighted by Crippen LogP contribution is -2.51. The van der Waals surface area contributed by atoms with Crippen molar-refractivity contribution in [1.82, 2.24) is 14.7 Å². The Labute approximate surface area is 186 Å². The van der Waals surface area contributed by atoms with Crippen molar-refractivity contribution in [3.8, 4) is 5.75 Å². The van der Waals surface area contributed by atoms with E-state index >= 15 is 0 Å². The number of benzene rings is 2. The molecule has 4 rings (SSSR count). The number of piperazine rings is 1. The minimum absolute atomic E-state index is 0.199. The van der Waals surface area contributed by atoms with Gasteiger partial charge in [0.15, 0.2) is 0 Å². The van der Waals surface area contributed by atoms with Crippen LogP contribution in [-0.2, 0) is 17.9 Å². The van der Waals surface area contributed by atoms with Gasteiger partial charge in [0.25, 0.3) is 0 Å². The molecule has 0 aromatic heterocycles. The van der Waals surface area contributed by atoms with E-state index in [1.54, 1.807) is 0 Å². The molecular formula is C26H35N3O2. The Balaban J connectivity index is 1.23. The average Bonchev–Trinajstić information content (AvgIpc) is 2.84. The zero-order valence-corrected chi connectivity index (χ0v) is 18.7. The molecular weight excluding hydrogens is 386 g/mol. The molecule has 0 saturated carbocycles. The van der Waals surface area contributed by atoms with Gasteiger partial charge in [-0.05, 0) is 55.7 Å². The monoisotopic (exact) mass is 421 g/mol. The van der Waals surface area contributed by atoms with Gasteiger partial charge in [-0.3, -0.25) is 9.69 Å². The summed E-state index contributed by atoms with van der Waals surface area (Å²) in [6, 6.07) is 18.7. The summed E-state index contributed by atoms with van der Waals surface area (Å²) in [6.45, 7) is 10.6. The van der Waals surface area contributed by atoms with Crippen molar-refractivity contribution >= 4 is 5.91 Å². The third-order valence-corrected chi connectivity index (χ3v) is 6.62.